The highest BCUT2D eigenvalue weighted by Gasteiger charge is 2.29. The molecule has 1 unspecified atom stereocenters. The lowest BCUT2D eigenvalue weighted by molar-refractivity contribution is -0.384. The van der Waals surface area contributed by atoms with Crippen LogP contribution < -0.4 is 5.32 Å². The average Bonchev–Trinajstić information content (AvgIpc) is 3.37. The Morgan fingerprint density at radius 3 is 2.84 bits per heavy atom. The van der Waals surface area contributed by atoms with Crippen LogP contribution in [-0.2, 0) is 6.42 Å². The van der Waals surface area contributed by atoms with E-state index in [1.807, 2.05) is 0 Å². The number of nitro groups is 1. The molecular weight excluding hydrogens is 424 g/mol. The summed E-state index contributed by atoms with van der Waals surface area (Å²) in [6, 6.07) is 4.74. The summed E-state index contributed by atoms with van der Waals surface area (Å²) in [7, 11) is 0. The van der Waals surface area contributed by atoms with Crippen molar-refractivity contribution in [1.29, 1.82) is 0 Å². The Labute approximate surface area is 181 Å². The van der Waals surface area contributed by atoms with Crippen LogP contribution >= 0.6 is 0 Å². The van der Waals surface area contributed by atoms with Crippen LogP contribution in [0.4, 0.5) is 25.1 Å². The number of hydrogen-bond donors (Lipinski definition) is 1. The van der Waals surface area contributed by atoms with Gasteiger partial charge in [-0.2, -0.15) is 0 Å². The summed E-state index contributed by atoms with van der Waals surface area (Å²) in [4.78, 5) is 33.2. The molecule has 9 nitrogen and oxygen atoms in total. The molecule has 1 aromatic carbocycles. The lowest BCUT2D eigenvalue weighted by atomic mass is 10.1. The van der Waals surface area contributed by atoms with Crippen LogP contribution in [-0.4, -0.2) is 38.9 Å². The molecule has 166 valence electrons. The number of nitrogens with one attached hydrogen (secondary N) is 1. The van der Waals surface area contributed by atoms with Gasteiger partial charge in [-0.3, -0.25) is 15.4 Å². The van der Waals surface area contributed by atoms with Gasteiger partial charge in [-0.1, -0.05) is 0 Å². The van der Waals surface area contributed by atoms with Crippen molar-refractivity contribution in [3.63, 3.8) is 0 Å². The molecule has 3 aromatic rings. The number of oxazole rings is 1. The Morgan fingerprint density at radius 2 is 2.16 bits per heavy atom. The van der Waals surface area contributed by atoms with Crippen LogP contribution in [0.2, 0.25) is 0 Å². The molecule has 1 atom stereocenters. The largest absolute Gasteiger partial charge is 0.446 e. The molecule has 1 aliphatic rings. The molecule has 3 heterocycles. The summed E-state index contributed by atoms with van der Waals surface area (Å²) in [5.41, 5.74) is -0.447. The van der Waals surface area contributed by atoms with Gasteiger partial charge in [0.2, 0.25) is 5.82 Å². The number of nitrogens with zero attached hydrogens (tertiary/aromatic N) is 4. The minimum absolute atomic E-state index is 0.0296. The molecule has 2 aromatic heterocycles. The third kappa shape index (κ3) is 4.56. The topological polar surface area (TPSA) is 114 Å². The maximum atomic E-state index is 14.1. The van der Waals surface area contributed by atoms with Gasteiger partial charge in [-0.15, -0.1) is 0 Å². The number of likely N-dealkylation sites (tertiary alicyclic amines) is 1. The number of anilines is 1. The summed E-state index contributed by atoms with van der Waals surface area (Å²) < 4.78 is 32.8. The van der Waals surface area contributed by atoms with E-state index in [-0.39, 0.29) is 23.0 Å². The Morgan fingerprint density at radius 1 is 1.34 bits per heavy atom. The number of pyridine rings is 1. The van der Waals surface area contributed by atoms with E-state index in [9.17, 15) is 23.7 Å². The molecule has 1 fully saturated rings. The predicted molar refractivity (Wildman–Crippen MR) is 110 cm³/mol. The quantitative estimate of drug-likeness (QED) is 0.464. The van der Waals surface area contributed by atoms with E-state index >= 15 is 0 Å². The van der Waals surface area contributed by atoms with Crippen molar-refractivity contribution in [2.24, 2.45) is 5.92 Å². The van der Waals surface area contributed by atoms with Gasteiger partial charge in [0.1, 0.15) is 17.4 Å². The van der Waals surface area contributed by atoms with Crippen LogP contribution in [0.25, 0.3) is 11.3 Å². The molecule has 0 radical (unpaired) electrons. The standard InChI is InChI=1S/C21H19F2N5O4/c1-12-10-24-19(32-12)8-13-6-7-27(11-13)21(29)26-20-18(28(30)31)5-4-17(25-20)15-3-2-14(22)9-16(15)23/h2-5,9-10,13H,6-8,11H2,1H3,(H,25,26,29). The third-order valence-corrected chi connectivity index (χ3v) is 5.21. The number of urea groups is 1. The molecule has 4 rings (SSSR count). The van der Waals surface area contributed by atoms with Crippen LogP contribution in [0, 0.1) is 34.6 Å². The maximum absolute atomic E-state index is 14.1. The van der Waals surface area contributed by atoms with Crippen LogP contribution in [0.5, 0.6) is 0 Å². The predicted octanol–water partition coefficient (Wildman–Crippen LogP) is 4.33. The van der Waals surface area contributed by atoms with E-state index in [0.29, 0.717) is 37.2 Å². The lowest BCUT2D eigenvalue weighted by Crippen LogP contribution is -2.33. The van der Waals surface area contributed by atoms with Crippen molar-refractivity contribution >= 4 is 17.5 Å². The highest BCUT2D eigenvalue weighted by molar-refractivity contribution is 5.91. The summed E-state index contributed by atoms with van der Waals surface area (Å²) in [6.45, 7) is 2.68. The zero-order valence-electron chi connectivity index (χ0n) is 17.0. The highest BCUT2D eigenvalue weighted by atomic mass is 19.1. The van der Waals surface area contributed by atoms with Crippen LogP contribution in [0.15, 0.2) is 40.9 Å². The number of carbonyl (C=O) groups excluding carboxylic acids is 1. The van der Waals surface area contributed by atoms with Gasteiger partial charge in [0.15, 0.2) is 5.89 Å². The molecule has 2 amide bonds. The fraction of sp³-hybridized carbons (Fsp3) is 0.286. The molecule has 32 heavy (non-hydrogen) atoms. The van der Waals surface area contributed by atoms with Crippen LogP contribution in [0.1, 0.15) is 18.1 Å². The van der Waals surface area contributed by atoms with E-state index < -0.39 is 28.3 Å². The number of halogens is 2. The van der Waals surface area contributed by atoms with Gasteiger partial charge >= 0.3 is 11.7 Å². The number of hydrogen-bond acceptors (Lipinski definition) is 6. The second kappa shape index (κ2) is 8.69. The van der Waals surface area contributed by atoms with E-state index in [1.165, 1.54) is 17.0 Å². The first-order valence-electron chi connectivity index (χ1n) is 9.88. The van der Waals surface area contributed by atoms with Crippen molar-refractivity contribution < 1.29 is 22.9 Å². The fourth-order valence-electron chi connectivity index (χ4n) is 3.65. The summed E-state index contributed by atoms with van der Waals surface area (Å²) >= 11 is 0. The van der Waals surface area contributed by atoms with E-state index in [2.05, 4.69) is 15.3 Å². The molecule has 1 aliphatic heterocycles. The zero-order valence-corrected chi connectivity index (χ0v) is 17.0. The Balaban J connectivity index is 1.51. The first-order valence-corrected chi connectivity index (χ1v) is 9.88. The highest BCUT2D eigenvalue weighted by Crippen LogP contribution is 2.29. The van der Waals surface area contributed by atoms with E-state index in [1.54, 1.807) is 13.1 Å². The van der Waals surface area contributed by atoms with Crippen molar-refractivity contribution in [3.8, 4) is 11.3 Å². The van der Waals surface area contributed by atoms with Gasteiger partial charge in [0, 0.05) is 37.2 Å². The Kier molecular flexibility index (Phi) is 5.80. The second-order valence-corrected chi connectivity index (χ2v) is 7.55. The molecule has 0 aliphatic carbocycles. The van der Waals surface area contributed by atoms with Gasteiger partial charge in [0.25, 0.3) is 0 Å². The summed E-state index contributed by atoms with van der Waals surface area (Å²) in [5, 5.41) is 13.9. The van der Waals surface area contributed by atoms with Gasteiger partial charge < -0.3 is 9.32 Å². The molecule has 1 saturated heterocycles. The van der Waals surface area contributed by atoms with Crippen molar-refractivity contribution in [2.45, 2.75) is 19.8 Å². The normalized spacial score (nSPS) is 15.7. The smallest absolute Gasteiger partial charge is 0.323 e. The molecule has 11 heteroatoms. The number of rotatable bonds is 5. The molecular formula is C21H19F2N5O4. The molecule has 1 N–H and O–H groups in total. The Hall–Kier alpha value is -3.89. The molecule has 0 spiro atoms. The van der Waals surface area contributed by atoms with E-state index in [0.717, 1.165) is 18.6 Å². The summed E-state index contributed by atoms with van der Waals surface area (Å²) in [6.07, 6.45) is 2.94. The van der Waals surface area contributed by atoms with Crippen molar-refractivity contribution in [1.82, 2.24) is 14.9 Å². The average molecular weight is 443 g/mol. The van der Waals surface area contributed by atoms with Crippen molar-refractivity contribution in [2.75, 3.05) is 18.4 Å². The minimum Gasteiger partial charge on any atom is -0.446 e. The van der Waals surface area contributed by atoms with Crippen molar-refractivity contribution in [3.05, 3.63) is 69.9 Å². The third-order valence-electron chi connectivity index (χ3n) is 5.21. The van der Waals surface area contributed by atoms with Crippen LogP contribution in [0.3, 0.4) is 0 Å². The Bertz CT molecular complexity index is 1180. The number of carbonyl (C=O) groups is 1. The molecule has 0 bridgehead atoms. The SMILES string of the molecule is Cc1cnc(CC2CCN(C(=O)Nc3nc(-c4ccc(F)cc4F)ccc3[N+](=O)[O-])C2)o1. The van der Waals surface area contributed by atoms with Gasteiger partial charge in [0.05, 0.1) is 16.8 Å². The monoisotopic (exact) mass is 443 g/mol. The molecule has 0 saturated carbocycles. The first kappa shape index (κ1) is 21.3. The maximum Gasteiger partial charge on any atom is 0.323 e. The summed E-state index contributed by atoms with van der Waals surface area (Å²) in [5.74, 6) is -0.489. The van der Waals surface area contributed by atoms with E-state index in [4.69, 9.17) is 4.42 Å². The first-order chi connectivity index (χ1) is 15.3. The lowest BCUT2D eigenvalue weighted by Gasteiger charge is -2.17. The fourth-order valence-corrected chi connectivity index (χ4v) is 3.65. The zero-order chi connectivity index (χ0) is 22.8. The number of amides is 2. The second-order valence-electron chi connectivity index (χ2n) is 7.55. The number of benzene rings is 1. The number of aromatic nitrogens is 2. The minimum atomic E-state index is -0.868. The van der Waals surface area contributed by atoms with Gasteiger partial charge in [-0.25, -0.2) is 23.5 Å². The number of aryl methyl sites for hydroxylation is 1. The van der Waals surface area contributed by atoms with Gasteiger partial charge in [-0.05, 0) is 37.5 Å².